The van der Waals surface area contributed by atoms with E-state index in [4.69, 9.17) is 5.73 Å². The second-order valence-electron chi connectivity index (χ2n) is 4.44. The first-order valence-corrected chi connectivity index (χ1v) is 5.69. The molecule has 0 radical (unpaired) electrons. The number of aromatic nitrogens is 1. The molecule has 1 heterocycles. The van der Waals surface area contributed by atoms with Crippen LogP contribution >= 0.6 is 0 Å². The van der Waals surface area contributed by atoms with Gasteiger partial charge in [0.25, 0.3) is 0 Å². The molecule has 0 aliphatic carbocycles. The van der Waals surface area contributed by atoms with Crippen molar-refractivity contribution in [2.45, 2.75) is 45.8 Å². The van der Waals surface area contributed by atoms with E-state index in [1.165, 1.54) is 0 Å². The lowest BCUT2D eigenvalue weighted by Gasteiger charge is -2.08. The molecule has 0 saturated carbocycles. The minimum atomic E-state index is 0.0470. The van der Waals surface area contributed by atoms with Crippen LogP contribution in [-0.2, 0) is 11.3 Å². The number of carbonyl (C=O) groups excluding carboxylic acids is 1. The van der Waals surface area contributed by atoms with Gasteiger partial charge in [0.15, 0.2) is 0 Å². The quantitative estimate of drug-likeness (QED) is 0.793. The zero-order valence-electron chi connectivity index (χ0n) is 10.2. The van der Waals surface area contributed by atoms with Crippen molar-refractivity contribution in [3.05, 3.63) is 24.0 Å². The second kappa shape index (κ2) is 5.70. The molecule has 4 nitrogen and oxygen atoms in total. The third kappa shape index (κ3) is 4.06. The maximum absolute atomic E-state index is 11.4. The third-order valence-corrected chi connectivity index (χ3v) is 2.35. The number of rotatable bonds is 5. The van der Waals surface area contributed by atoms with Crippen LogP contribution in [0.4, 0.5) is 0 Å². The van der Waals surface area contributed by atoms with Crippen molar-refractivity contribution in [2.24, 2.45) is 5.73 Å². The molecule has 0 saturated heterocycles. The van der Waals surface area contributed by atoms with Crippen molar-refractivity contribution in [1.29, 1.82) is 0 Å². The zero-order valence-corrected chi connectivity index (χ0v) is 10.2. The highest BCUT2D eigenvalue weighted by atomic mass is 16.1. The standard InChI is InChI=1S/C12H21N3O/c1-9(2)14-12(16)5-7-15-6-4-11(8-15)10(3)13/h4,6,8-10H,5,7,13H2,1-3H3,(H,14,16). The second-order valence-corrected chi connectivity index (χ2v) is 4.44. The van der Waals surface area contributed by atoms with Gasteiger partial charge >= 0.3 is 0 Å². The number of amides is 1. The van der Waals surface area contributed by atoms with E-state index in [2.05, 4.69) is 5.32 Å². The van der Waals surface area contributed by atoms with E-state index in [-0.39, 0.29) is 18.0 Å². The predicted molar refractivity (Wildman–Crippen MR) is 64.9 cm³/mol. The fourth-order valence-electron chi connectivity index (χ4n) is 1.49. The van der Waals surface area contributed by atoms with Crippen molar-refractivity contribution >= 4 is 5.91 Å². The first-order valence-electron chi connectivity index (χ1n) is 5.69. The molecule has 1 aromatic rings. The molecule has 1 atom stereocenters. The average molecular weight is 223 g/mol. The monoisotopic (exact) mass is 223 g/mol. The molecule has 0 aromatic carbocycles. The molecule has 0 aliphatic rings. The predicted octanol–water partition coefficient (Wildman–Crippen LogP) is 1.42. The minimum Gasteiger partial charge on any atom is -0.354 e. The number of hydrogen-bond acceptors (Lipinski definition) is 2. The Balaban J connectivity index is 2.39. The van der Waals surface area contributed by atoms with Crippen LogP contribution in [0.1, 0.15) is 38.8 Å². The van der Waals surface area contributed by atoms with Gasteiger partial charge in [0, 0.05) is 37.4 Å². The van der Waals surface area contributed by atoms with Gasteiger partial charge in [-0.25, -0.2) is 0 Å². The Morgan fingerprint density at radius 2 is 2.19 bits per heavy atom. The van der Waals surface area contributed by atoms with E-state index < -0.39 is 0 Å². The molecule has 1 unspecified atom stereocenters. The Kier molecular flexibility index (Phi) is 4.55. The van der Waals surface area contributed by atoms with E-state index in [0.29, 0.717) is 13.0 Å². The highest BCUT2D eigenvalue weighted by Crippen LogP contribution is 2.09. The average Bonchev–Trinajstić information content (AvgIpc) is 2.61. The molecule has 0 spiro atoms. The van der Waals surface area contributed by atoms with E-state index >= 15 is 0 Å². The fraction of sp³-hybridized carbons (Fsp3) is 0.583. The molecule has 3 N–H and O–H groups in total. The smallest absolute Gasteiger partial charge is 0.221 e. The molecule has 1 rings (SSSR count). The summed E-state index contributed by atoms with van der Waals surface area (Å²) in [5.74, 6) is 0.0889. The summed E-state index contributed by atoms with van der Waals surface area (Å²) in [5.41, 5.74) is 6.86. The summed E-state index contributed by atoms with van der Waals surface area (Å²) in [6.45, 7) is 6.57. The van der Waals surface area contributed by atoms with Crippen molar-refractivity contribution in [3.8, 4) is 0 Å². The number of hydrogen-bond donors (Lipinski definition) is 2. The van der Waals surface area contributed by atoms with Crippen LogP contribution in [0.3, 0.4) is 0 Å². The normalized spacial score (nSPS) is 12.8. The maximum Gasteiger partial charge on any atom is 0.221 e. The van der Waals surface area contributed by atoms with Crippen molar-refractivity contribution in [1.82, 2.24) is 9.88 Å². The molecule has 1 aromatic heterocycles. The lowest BCUT2D eigenvalue weighted by atomic mass is 10.2. The summed E-state index contributed by atoms with van der Waals surface area (Å²) in [5, 5.41) is 2.87. The minimum absolute atomic E-state index is 0.0470. The Labute approximate surface area is 96.8 Å². The SMILES string of the molecule is CC(C)NC(=O)CCn1ccc(C(C)N)c1. The van der Waals surface area contributed by atoms with E-state index in [1.807, 2.05) is 43.8 Å². The van der Waals surface area contributed by atoms with Crippen molar-refractivity contribution in [2.75, 3.05) is 0 Å². The van der Waals surface area contributed by atoms with Gasteiger partial charge in [-0.2, -0.15) is 0 Å². The molecule has 0 bridgehead atoms. The highest BCUT2D eigenvalue weighted by Gasteiger charge is 2.05. The Hall–Kier alpha value is -1.29. The Morgan fingerprint density at radius 3 is 2.69 bits per heavy atom. The van der Waals surface area contributed by atoms with Gasteiger partial charge in [-0.15, -0.1) is 0 Å². The maximum atomic E-state index is 11.4. The van der Waals surface area contributed by atoms with Gasteiger partial charge in [0.1, 0.15) is 0 Å². The molecular weight excluding hydrogens is 202 g/mol. The van der Waals surface area contributed by atoms with Crippen LogP contribution in [0.5, 0.6) is 0 Å². The summed E-state index contributed by atoms with van der Waals surface area (Å²) >= 11 is 0. The summed E-state index contributed by atoms with van der Waals surface area (Å²) in [6.07, 6.45) is 4.46. The lowest BCUT2D eigenvalue weighted by Crippen LogP contribution is -2.30. The number of nitrogens with one attached hydrogen (secondary N) is 1. The third-order valence-electron chi connectivity index (χ3n) is 2.35. The van der Waals surface area contributed by atoms with E-state index in [0.717, 1.165) is 5.56 Å². The molecule has 4 heteroatoms. The summed E-state index contributed by atoms with van der Waals surface area (Å²) in [7, 11) is 0. The first kappa shape index (κ1) is 12.8. The number of aryl methyl sites for hydroxylation is 1. The number of carbonyl (C=O) groups is 1. The molecule has 0 aliphatic heterocycles. The van der Waals surface area contributed by atoms with Crippen molar-refractivity contribution < 1.29 is 4.79 Å². The lowest BCUT2D eigenvalue weighted by molar-refractivity contribution is -0.121. The summed E-state index contributed by atoms with van der Waals surface area (Å²) in [4.78, 5) is 11.4. The van der Waals surface area contributed by atoms with Gasteiger partial charge in [-0.1, -0.05) is 0 Å². The van der Waals surface area contributed by atoms with Crippen LogP contribution in [0, 0.1) is 0 Å². The Bertz CT molecular complexity index is 342. The first-order chi connectivity index (χ1) is 7.49. The molecule has 90 valence electrons. The molecule has 16 heavy (non-hydrogen) atoms. The molecule has 1 amide bonds. The van der Waals surface area contributed by atoms with E-state index in [1.54, 1.807) is 0 Å². The number of nitrogens with two attached hydrogens (primary N) is 1. The van der Waals surface area contributed by atoms with Gasteiger partial charge < -0.3 is 15.6 Å². The largest absolute Gasteiger partial charge is 0.354 e. The van der Waals surface area contributed by atoms with Crippen LogP contribution in [0.2, 0.25) is 0 Å². The van der Waals surface area contributed by atoms with Gasteiger partial charge in [-0.3, -0.25) is 4.79 Å². The highest BCUT2D eigenvalue weighted by molar-refractivity contribution is 5.76. The van der Waals surface area contributed by atoms with Crippen LogP contribution in [0.15, 0.2) is 18.5 Å². The Morgan fingerprint density at radius 1 is 1.50 bits per heavy atom. The summed E-state index contributed by atoms with van der Waals surface area (Å²) < 4.78 is 2.00. The van der Waals surface area contributed by atoms with Crippen molar-refractivity contribution in [3.63, 3.8) is 0 Å². The fourth-order valence-corrected chi connectivity index (χ4v) is 1.49. The van der Waals surface area contributed by atoms with Crippen LogP contribution < -0.4 is 11.1 Å². The van der Waals surface area contributed by atoms with Gasteiger partial charge in [-0.05, 0) is 32.4 Å². The van der Waals surface area contributed by atoms with Gasteiger partial charge in [0.05, 0.1) is 0 Å². The van der Waals surface area contributed by atoms with Crippen LogP contribution in [0.25, 0.3) is 0 Å². The van der Waals surface area contributed by atoms with E-state index in [9.17, 15) is 4.79 Å². The number of nitrogens with zero attached hydrogens (tertiary/aromatic N) is 1. The van der Waals surface area contributed by atoms with Crippen LogP contribution in [-0.4, -0.2) is 16.5 Å². The van der Waals surface area contributed by atoms with Gasteiger partial charge in [0.2, 0.25) is 5.91 Å². The molecule has 0 fully saturated rings. The molecular formula is C12H21N3O. The topological polar surface area (TPSA) is 60.0 Å². The summed E-state index contributed by atoms with van der Waals surface area (Å²) in [6, 6.07) is 2.24. The zero-order chi connectivity index (χ0) is 12.1.